The van der Waals surface area contributed by atoms with Gasteiger partial charge in [0.15, 0.2) is 0 Å². The van der Waals surface area contributed by atoms with Crippen molar-refractivity contribution in [3.05, 3.63) is 59.7 Å². The number of carboxylic acids is 1. The molecular formula is C27H30N2O6. The molecule has 5 rings (SSSR count). The number of alkyl carbamates (subject to hydrolysis) is 1. The van der Waals surface area contributed by atoms with Crippen molar-refractivity contribution in [1.29, 1.82) is 0 Å². The zero-order chi connectivity index (χ0) is 24.4. The van der Waals surface area contributed by atoms with Crippen molar-refractivity contribution in [2.45, 2.75) is 43.7 Å². The first-order valence-electron chi connectivity index (χ1n) is 12.2. The van der Waals surface area contributed by atoms with Crippen LogP contribution in [0.5, 0.6) is 0 Å². The molecule has 1 unspecified atom stereocenters. The molecule has 1 saturated heterocycles. The van der Waals surface area contributed by atoms with Gasteiger partial charge in [-0.25, -0.2) is 4.79 Å². The number of benzene rings is 2. The molecular weight excluding hydrogens is 448 g/mol. The summed E-state index contributed by atoms with van der Waals surface area (Å²) in [6.45, 7) is 1.31. The van der Waals surface area contributed by atoms with E-state index < -0.39 is 18.1 Å². The van der Waals surface area contributed by atoms with Gasteiger partial charge in [-0.15, -0.1) is 0 Å². The number of rotatable bonds is 6. The third kappa shape index (κ3) is 4.89. The SMILES string of the molecule is O=C(O)CC1COCCN1C(=O)[C@H]1CC[C@@H](NC(=O)OCC2c3ccccc3-c3ccccc32)C1. The number of nitrogens with one attached hydrogen (secondary N) is 1. The summed E-state index contributed by atoms with van der Waals surface area (Å²) in [5.41, 5.74) is 4.68. The van der Waals surface area contributed by atoms with E-state index >= 15 is 0 Å². The second-order valence-electron chi connectivity index (χ2n) is 9.54. The van der Waals surface area contributed by atoms with Gasteiger partial charge in [-0.2, -0.15) is 0 Å². The fourth-order valence-electron chi connectivity index (χ4n) is 5.69. The molecule has 0 bridgehead atoms. The molecule has 1 saturated carbocycles. The number of hydrogen-bond donors (Lipinski definition) is 2. The summed E-state index contributed by atoms with van der Waals surface area (Å²) in [5, 5.41) is 12.1. The molecule has 0 radical (unpaired) electrons. The Morgan fingerprint density at radius 1 is 1.03 bits per heavy atom. The molecule has 2 aromatic rings. The molecule has 2 amide bonds. The van der Waals surface area contributed by atoms with Crippen LogP contribution in [0, 0.1) is 5.92 Å². The molecule has 2 fully saturated rings. The quantitative estimate of drug-likeness (QED) is 0.659. The van der Waals surface area contributed by atoms with Gasteiger partial charge in [0.25, 0.3) is 0 Å². The molecule has 0 aromatic heterocycles. The van der Waals surface area contributed by atoms with Gasteiger partial charge in [-0.05, 0) is 41.5 Å². The molecule has 0 spiro atoms. The second-order valence-corrected chi connectivity index (χ2v) is 9.54. The minimum atomic E-state index is -0.945. The highest BCUT2D eigenvalue weighted by atomic mass is 16.5. The number of carbonyl (C=O) groups is 3. The zero-order valence-corrected chi connectivity index (χ0v) is 19.5. The number of carbonyl (C=O) groups excluding carboxylic acids is 2. The number of aliphatic carboxylic acids is 1. The Kier molecular flexibility index (Phi) is 6.72. The minimum Gasteiger partial charge on any atom is -0.481 e. The predicted molar refractivity (Wildman–Crippen MR) is 128 cm³/mol. The average Bonchev–Trinajstić information content (AvgIpc) is 3.45. The highest BCUT2D eigenvalue weighted by Gasteiger charge is 2.38. The highest BCUT2D eigenvalue weighted by Crippen LogP contribution is 2.44. The number of nitrogens with zero attached hydrogens (tertiary/aromatic N) is 1. The van der Waals surface area contributed by atoms with Crippen molar-refractivity contribution < 1.29 is 29.0 Å². The van der Waals surface area contributed by atoms with Crippen LogP contribution in [0.1, 0.15) is 42.7 Å². The van der Waals surface area contributed by atoms with E-state index in [2.05, 4.69) is 29.6 Å². The van der Waals surface area contributed by atoms with Crippen molar-refractivity contribution in [2.24, 2.45) is 5.92 Å². The Bertz CT molecular complexity index is 1070. The smallest absolute Gasteiger partial charge is 0.407 e. The molecule has 2 aromatic carbocycles. The molecule has 8 nitrogen and oxygen atoms in total. The van der Waals surface area contributed by atoms with E-state index in [0.29, 0.717) is 32.4 Å². The standard InChI is InChI=1S/C27H30N2O6/c30-25(31)14-19-15-34-12-11-29(19)26(32)17-9-10-18(13-17)28-27(33)35-16-24-22-7-3-1-5-20(22)21-6-2-4-8-23(21)24/h1-8,17-19,24H,9-16H2,(H,28,33)(H,30,31)/t17-,18+,19?/m0/s1. The number of carboxylic acid groups (broad SMARTS) is 1. The lowest BCUT2D eigenvalue weighted by atomic mass is 9.98. The Morgan fingerprint density at radius 3 is 2.40 bits per heavy atom. The summed E-state index contributed by atoms with van der Waals surface area (Å²) in [5.74, 6) is -1.22. The maximum absolute atomic E-state index is 13.1. The van der Waals surface area contributed by atoms with Crippen LogP contribution in [0.2, 0.25) is 0 Å². The average molecular weight is 479 g/mol. The maximum atomic E-state index is 13.1. The number of ether oxygens (including phenoxy) is 2. The molecule has 8 heteroatoms. The topological polar surface area (TPSA) is 105 Å². The summed E-state index contributed by atoms with van der Waals surface area (Å²) in [6, 6.07) is 15.8. The third-order valence-corrected chi connectivity index (χ3v) is 7.37. The lowest BCUT2D eigenvalue weighted by Crippen LogP contribution is -2.51. The van der Waals surface area contributed by atoms with Gasteiger partial charge < -0.3 is 24.8 Å². The zero-order valence-electron chi connectivity index (χ0n) is 19.5. The monoisotopic (exact) mass is 478 g/mol. The normalized spacial score (nSPS) is 23.4. The molecule has 2 aliphatic carbocycles. The van der Waals surface area contributed by atoms with Crippen LogP contribution in [0.4, 0.5) is 4.79 Å². The molecule has 35 heavy (non-hydrogen) atoms. The molecule has 184 valence electrons. The van der Waals surface area contributed by atoms with E-state index in [4.69, 9.17) is 14.6 Å². The number of hydrogen-bond acceptors (Lipinski definition) is 5. The van der Waals surface area contributed by atoms with Gasteiger partial charge >= 0.3 is 12.1 Å². The first-order valence-corrected chi connectivity index (χ1v) is 12.2. The molecule has 2 N–H and O–H groups in total. The van der Waals surface area contributed by atoms with Crippen LogP contribution in [-0.2, 0) is 19.1 Å². The van der Waals surface area contributed by atoms with E-state index in [1.165, 1.54) is 11.1 Å². The first kappa shape index (κ1) is 23.4. The molecule has 1 heterocycles. The number of morpholine rings is 1. The predicted octanol–water partition coefficient (Wildman–Crippen LogP) is 3.40. The van der Waals surface area contributed by atoms with Crippen molar-refractivity contribution >= 4 is 18.0 Å². The fourth-order valence-corrected chi connectivity index (χ4v) is 5.69. The van der Waals surface area contributed by atoms with Gasteiger partial charge in [0.2, 0.25) is 5.91 Å². The maximum Gasteiger partial charge on any atom is 0.407 e. The van der Waals surface area contributed by atoms with Crippen LogP contribution < -0.4 is 5.32 Å². The van der Waals surface area contributed by atoms with E-state index in [0.717, 1.165) is 11.1 Å². The number of amides is 2. The van der Waals surface area contributed by atoms with Crippen molar-refractivity contribution in [1.82, 2.24) is 10.2 Å². The van der Waals surface area contributed by atoms with Crippen LogP contribution in [0.3, 0.4) is 0 Å². The Morgan fingerprint density at radius 2 is 1.71 bits per heavy atom. The lowest BCUT2D eigenvalue weighted by Gasteiger charge is -2.36. The van der Waals surface area contributed by atoms with E-state index in [1.54, 1.807) is 4.90 Å². The third-order valence-electron chi connectivity index (χ3n) is 7.37. The Labute approximate surface area is 204 Å². The first-order chi connectivity index (χ1) is 17.0. The van der Waals surface area contributed by atoms with E-state index in [9.17, 15) is 14.4 Å². The van der Waals surface area contributed by atoms with Crippen LogP contribution >= 0.6 is 0 Å². The lowest BCUT2D eigenvalue weighted by molar-refractivity contribution is -0.149. The summed E-state index contributed by atoms with van der Waals surface area (Å²) in [4.78, 5) is 38.5. The number of fused-ring (bicyclic) bond motifs is 3. The Hall–Kier alpha value is -3.39. The van der Waals surface area contributed by atoms with Crippen molar-refractivity contribution in [3.63, 3.8) is 0 Å². The van der Waals surface area contributed by atoms with Crippen LogP contribution in [0.25, 0.3) is 11.1 Å². The summed E-state index contributed by atoms with van der Waals surface area (Å²) < 4.78 is 11.0. The highest BCUT2D eigenvalue weighted by molar-refractivity contribution is 5.81. The van der Waals surface area contributed by atoms with Gasteiger partial charge in [0, 0.05) is 24.4 Å². The summed E-state index contributed by atoms with van der Waals surface area (Å²) in [6.07, 6.45) is 1.28. The fraction of sp³-hybridized carbons (Fsp3) is 0.444. The second kappa shape index (κ2) is 10.1. The minimum absolute atomic E-state index is 0.00135. The van der Waals surface area contributed by atoms with E-state index in [-0.39, 0.29) is 43.4 Å². The van der Waals surface area contributed by atoms with Gasteiger partial charge in [-0.1, -0.05) is 48.5 Å². The molecule has 3 atom stereocenters. The molecule has 1 aliphatic heterocycles. The van der Waals surface area contributed by atoms with Gasteiger partial charge in [-0.3, -0.25) is 9.59 Å². The Balaban J connectivity index is 1.15. The summed E-state index contributed by atoms with van der Waals surface area (Å²) in [7, 11) is 0. The summed E-state index contributed by atoms with van der Waals surface area (Å²) >= 11 is 0. The largest absolute Gasteiger partial charge is 0.481 e. The molecule has 3 aliphatic rings. The van der Waals surface area contributed by atoms with E-state index in [1.807, 2.05) is 24.3 Å². The van der Waals surface area contributed by atoms with Gasteiger partial charge in [0.05, 0.1) is 25.7 Å². The van der Waals surface area contributed by atoms with Crippen molar-refractivity contribution in [3.8, 4) is 11.1 Å². The van der Waals surface area contributed by atoms with Crippen molar-refractivity contribution in [2.75, 3.05) is 26.4 Å². The van der Waals surface area contributed by atoms with Crippen LogP contribution in [0.15, 0.2) is 48.5 Å². The van der Waals surface area contributed by atoms with Gasteiger partial charge in [0.1, 0.15) is 6.61 Å². The van der Waals surface area contributed by atoms with Crippen LogP contribution in [-0.4, -0.2) is 66.4 Å².